The number of hydrogen-bond donors (Lipinski definition) is 1. The monoisotopic (exact) mass is 274 g/mol. The average Bonchev–Trinajstić information content (AvgIpc) is 2.49. The van der Waals surface area contributed by atoms with Crippen LogP contribution in [0, 0.1) is 5.92 Å². The Hall–Kier alpha value is -1.39. The van der Waals surface area contributed by atoms with Crippen LogP contribution >= 0.6 is 0 Å². The first kappa shape index (κ1) is 13.6. The summed E-state index contributed by atoms with van der Waals surface area (Å²) in [6, 6.07) is 9.29. The number of esters is 1. The van der Waals surface area contributed by atoms with E-state index in [0.29, 0.717) is 12.3 Å². The highest BCUT2D eigenvalue weighted by atomic mass is 16.5. The molecule has 3 aliphatic heterocycles. The van der Waals surface area contributed by atoms with Gasteiger partial charge < -0.3 is 10.5 Å². The van der Waals surface area contributed by atoms with Crippen LogP contribution in [0.4, 0.5) is 0 Å². The second-order valence-electron chi connectivity index (χ2n) is 5.91. The molecule has 4 nitrogen and oxygen atoms in total. The summed E-state index contributed by atoms with van der Waals surface area (Å²) >= 11 is 0. The van der Waals surface area contributed by atoms with Gasteiger partial charge in [-0.1, -0.05) is 30.3 Å². The molecular weight excluding hydrogens is 252 g/mol. The molecule has 108 valence electrons. The van der Waals surface area contributed by atoms with Crippen molar-refractivity contribution in [2.75, 3.05) is 19.6 Å². The highest BCUT2D eigenvalue weighted by Crippen LogP contribution is 2.29. The zero-order valence-electron chi connectivity index (χ0n) is 11.7. The Morgan fingerprint density at radius 1 is 1.30 bits per heavy atom. The van der Waals surface area contributed by atoms with Gasteiger partial charge in [-0.3, -0.25) is 9.69 Å². The van der Waals surface area contributed by atoms with Crippen molar-refractivity contribution in [2.45, 2.75) is 31.4 Å². The molecule has 3 fully saturated rings. The van der Waals surface area contributed by atoms with E-state index in [-0.39, 0.29) is 12.1 Å². The number of nitrogens with two attached hydrogens (primary N) is 1. The van der Waals surface area contributed by atoms with Gasteiger partial charge in [0, 0.05) is 6.54 Å². The molecule has 2 N–H and O–H groups in total. The number of benzene rings is 1. The number of rotatable bonds is 4. The first-order valence-corrected chi connectivity index (χ1v) is 7.45. The molecule has 3 heterocycles. The Labute approximate surface area is 119 Å². The topological polar surface area (TPSA) is 55.6 Å². The van der Waals surface area contributed by atoms with Crippen molar-refractivity contribution in [3.05, 3.63) is 35.9 Å². The van der Waals surface area contributed by atoms with Gasteiger partial charge in [0.05, 0.1) is 0 Å². The number of nitrogens with zero attached hydrogens (tertiary/aromatic N) is 1. The van der Waals surface area contributed by atoms with Crippen molar-refractivity contribution in [3.63, 3.8) is 0 Å². The van der Waals surface area contributed by atoms with Crippen LogP contribution in [0.3, 0.4) is 0 Å². The van der Waals surface area contributed by atoms with Crippen LogP contribution in [0.2, 0.25) is 0 Å². The minimum Gasteiger partial charge on any atom is -0.460 e. The van der Waals surface area contributed by atoms with E-state index in [9.17, 15) is 4.79 Å². The second kappa shape index (κ2) is 5.94. The molecule has 0 aliphatic carbocycles. The fraction of sp³-hybridized carbons (Fsp3) is 0.562. The van der Waals surface area contributed by atoms with E-state index in [1.807, 2.05) is 30.3 Å². The lowest BCUT2D eigenvalue weighted by molar-refractivity contribution is -0.160. The summed E-state index contributed by atoms with van der Waals surface area (Å²) in [7, 11) is 0. The molecule has 0 amide bonds. The molecule has 3 saturated heterocycles. The molecular formula is C16H22N2O2. The quantitative estimate of drug-likeness (QED) is 0.838. The van der Waals surface area contributed by atoms with Crippen LogP contribution < -0.4 is 5.73 Å². The minimum absolute atomic E-state index is 0.0480. The molecule has 4 heteroatoms. The molecule has 0 spiro atoms. The van der Waals surface area contributed by atoms with E-state index in [0.717, 1.165) is 38.0 Å². The summed E-state index contributed by atoms with van der Waals surface area (Å²) in [6.07, 6.45) is 2.88. The van der Waals surface area contributed by atoms with Crippen molar-refractivity contribution in [1.82, 2.24) is 4.90 Å². The summed E-state index contributed by atoms with van der Waals surface area (Å²) in [6.45, 7) is 3.18. The van der Waals surface area contributed by atoms with Crippen molar-refractivity contribution in [2.24, 2.45) is 11.7 Å². The molecule has 0 aromatic heterocycles. The Morgan fingerprint density at radius 2 is 2.00 bits per heavy atom. The van der Waals surface area contributed by atoms with Gasteiger partial charge in [-0.15, -0.1) is 0 Å². The Morgan fingerprint density at radius 3 is 2.60 bits per heavy atom. The van der Waals surface area contributed by atoms with Gasteiger partial charge in [0.2, 0.25) is 0 Å². The number of hydrogen-bond acceptors (Lipinski definition) is 4. The van der Waals surface area contributed by atoms with Gasteiger partial charge in [-0.25, -0.2) is 0 Å². The second-order valence-corrected chi connectivity index (χ2v) is 5.91. The number of piperidine rings is 3. The van der Waals surface area contributed by atoms with Gasteiger partial charge in [-0.05, 0) is 43.8 Å². The molecule has 2 bridgehead atoms. The molecule has 1 aromatic carbocycles. The van der Waals surface area contributed by atoms with Gasteiger partial charge in [0.25, 0.3) is 0 Å². The van der Waals surface area contributed by atoms with Crippen LogP contribution in [0.25, 0.3) is 0 Å². The van der Waals surface area contributed by atoms with Gasteiger partial charge in [0.15, 0.2) is 0 Å². The number of fused-ring (bicyclic) bond motifs is 3. The predicted octanol–water partition coefficient (Wildman–Crippen LogP) is 1.19. The Kier molecular flexibility index (Phi) is 4.03. The van der Waals surface area contributed by atoms with Crippen LogP contribution in [0.1, 0.15) is 18.4 Å². The number of carbonyl (C=O) groups excluding carboxylic acids is 1. The average molecular weight is 274 g/mol. The summed E-state index contributed by atoms with van der Waals surface area (Å²) in [4.78, 5) is 14.5. The molecule has 20 heavy (non-hydrogen) atoms. The van der Waals surface area contributed by atoms with Gasteiger partial charge >= 0.3 is 5.97 Å². The summed E-state index contributed by atoms with van der Waals surface area (Å²) in [5, 5.41) is 0. The zero-order chi connectivity index (χ0) is 13.9. The van der Waals surface area contributed by atoms with Crippen molar-refractivity contribution in [3.8, 4) is 0 Å². The van der Waals surface area contributed by atoms with E-state index >= 15 is 0 Å². The normalized spacial score (nSPS) is 29.9. The smallest absolute Gasteiger partial charge is 0.323 e. The highest BCUT2D eigenvalue weighted by Gasteiger charge is 2.37. The molecule has 2 unspecified atom stereocenters. The first-order valence-electron chi connectivity index (χ1n) is 7.45. The Bertz CT molecular complexity index is 455. The zero-order valence-corrected chi connectivity index (χ0v) is 11.7. The molecule has 4 rings (SSSR count). The van der Waals surface area contributed by atoms with E-state index in [1.54, 1.807) is 0 Å². The van der Waals surface area contributed by atoms with Crippen LogP contribution in [0.5, 0.6) is 0 Å². The van der Waals surface area contributed by atoms with E-state index < -0.39 is 6.04 Å². The van der Waals surface area contributed by atoms with E-state index in [1.165, 1.54) is 0 Å². The predicted molar refractivity (Wildman–Crippen MR) is 77.2 cm³/mol. The molecule has 1 aromatic rings. The van der Waals surface area contributed by atoms with Crippen molar-refractivity contribution < 1.29 is 9.53 Å². The minimum atomic E-state index is -0.562. The van der Waals surface area contributed by atoms with Crippen molar-refractivity contribution in [1.29, 1.82) is 0 Å². The third-order valence-corrected chi connectivity index (χ3v) is 4.46. The standard InChI is InChI=1S/C16H22N2O2/c17-14(10-12-4-2-1-3-5-12)16(19)20-15-11-18-8-6-13(15)7-9-18/h1-5,13-15H,6-11,17H2. The Balaban J connectivity index is 1.54. The lowest BCUT2D eigenvalue weighted by Crippen LogP contribution is -2.53. The van der Waals surface area contributed by atoms with Crippen molar-refractivity contribution >= 4 is 5.97 Å². The lowest BCUT2D eigenvalue weighted by atomic mass is 9.86. The lowest BCUT2D eigenvalue weighted by Gasteiger charge is -2.44. The van der Waals surface area contributed by atoms with Crippen LogP contribution in [-0.4, -0.2) is 42.6 Å². The molecule has 2 atom stereocenters. The summed E-state index contributed by atoms with van der Waals surface area (Å²) in [5.41, 5.74) is 7.05. The number of carbonyl (C=O) groups is 1. The molecule has 0 saturated carbocycles. The fourth-order valence-corrected chi connectivity index (χ4v) is 3.23. The summed E-state index contributed by atoms with van der Waals surface area (Å²) < 4.78 is 5.65. The van der Waals surface area contributed by atoms with Crippen LogP contribution in [0.15, 0.2) is 30.3 Å². The summed E-state index contributed by atoms with van der Waals surface area (Å²) in [5.74, 6) is 0.278. The third-order valence-electron chi connectivity index (χ3n) is 4.46. The van der Waals surface area contributed by atoms with Crippen LogP contribution in [-0.2, 0) is 16.0 Å². The largest absolute Gasteiger partial charge is 0.460 e. The van der Waals surface area contributed by atoms with E-state index in [4.69, 9.17) is 10.5 Å². The first-order chi connectivity index (χ1) is 9.72. The maximum absolute atomic E-state index is 12.1. The van der Waals surface area contributed by atoms with Gasteiger partial charge in [-0.2, -0.15) is 0 Å². The molecule has 0 radical (unpaired) electrons. The maximum atomic E-state index is 12.1. The third kappa shape index (κ3) is 3.02. The fourth-order valence-electron chi connectivity index (χ4n) is 3.23. The molecule has 3 aliphatic rings. The van der Waals surface area contributed by atoms with E-state index in [2.05, 4.69) is 4.90 Å². The highest BCUT2D eigenvalue weighted by molar-refractivity contribution is 5.76. The van der Waals surface area contributed by atoms with Gasteiger partial charge in [0.1, 0.15) is 12.1 Å². The maximum Gasteiger partial charge on any atom is 0.323 e. The number of ether oxygens (including phenoxy) is 1. The SMILES string of the molecule is NC(Cc1ccccc1)C(=O)OC1CN2CCC1CC2.